The summed E-state index contributed by atoms with van der Waals surface area (Å²) in [6, 6.07) is 38.5. The molecule has 1 saturated carbocycles. The van der Waals surface area contributed by atoms with Crippen molar-refractivity contribution in [3.63, 3.8) is 0 Å². The first-order valence-electron chi connectivity index (χ1n) is 26.1. The number of nitrogens with zero attached hydrogens (tertiary/aromatic N) is 1. The van der Waals surface area contributed by atoms with E-state index >= 15 is 0 Å². The van der Waals surface area contributed by atoms with Gasteiger partial charge in [0.05, 0.1) is 11.3 Å². The Kier molecular flexibility index (Phi) is 15.3. The first-order valence-corrected chi connectivity index (χ1v) is 26.1. The predicted molar refractivity (Wildman–Crippen MR) is 281 cm³/mol. The van der Waals surface area contributed by atoms with Gasteiger partial charge in [-0.25, -0.2) is 0 Å². The molecule has 6 aromatic carbocycles. The molecule has 11 rings (SSSR count). The largest absolute Gasteiger partial charge is 0.417 e. The Labute approximate surface area is 429 Å². The van der Waals surface area contributed by atoms with Crippen molar-refractivity contribution in [2.75, 3.05) is 0 Å². The van der Waals surface area contributed by atoms with Crippen LogP contribution in [-0.2, 0) is 31.9 Å². The number of benzene rings is 6. The third-order valence-corrected chi connectivity index (χ3v) is 15.8. The van der Waals surface area contributed by atoms with E-state index in [0.29, 0.717) is 52.4 Å². The SMILES string of the molecule is CC(C)C1Cc2c(ccc(C(F)(F)F)c2-c2ccccc2)C1=O.CCCCc1ccc(-c2cccc3ccccc23)c2c1C(=O)C(C(F)(F)F)C2.Cc1ccc2c(c1-c1ccccn1)CC(C1CCCCC1)C2=O. The fraction of sp³-hybridized carbons (Fsp3) is 0.344. The third-order valence-electron chi connectivity index (χ3n) is 15.8. The van der Waals surface area contributed by atoms with Crippen molar-refractivity contribution in [2.45, 2.75) is 111 Å². The third kappa shape index (κ3) is 10.4. The number of aromatic nitrogens is 1. The summed E-state index contributed by atoms with van der Waals surface area (Å²) in [6.45, 7) is 8.02. The molecule has 1 fully saturated rings. The van der Waals surface area contributed by atoms with E-state index in [1.165, 1.54) is 54.9 Å². The molecule has 74 heavy (non-hydrogen) atoms. The average Bonchev–Trinajstić information content (AvgIpc) is 4.06. The van der Waals surface area contributed by atoms with Crippen LogP contribution in [0.4, 0.5) is 26.3 Å². The van der Waals surface area contributed by atoms with Crippen LogP contribution in [0.25, 0.3) is 44.3 Å². The highest BCUT2D eigenvalue weighted by Gasteiger charge is 2.50. The Hall–Kier alpha value is -6.68. The number of hydrogen-bond donors (Lipinski definition) is 0. The van der Waals surface area contributed by atoms with Gasteiger partial charge in [0.2, 0.25) is 0 Å². The van der Waals surface area contributed by atoms with Crippen LogP contribution >= 0.6 is 0 Å². The molecule has 3 unspecified atom stereocenters. The highest BCUT2D eigenvalue weighted by Crippen LogP contribution is 2.47. The Morgan fingerprint density at radius 2 is 1.24 bits per heavy atom. The summed E-state index contributed by atoms with van der Waals surface area (Å²) in [6.07, 6.45) is 2.66. The van der Waals surface area contributed by atoms with Gasteiger partial charge in [0, 0.05) is 40.3 Å². The lowest BCUT2D eigenvalue weighted by molar-refractivity contribution is -0.158. The van der Waals surface area contributed by atoms with Crippen molar-refractivity contribution in [3.8, 4) is 33.5 Å². The number of carbonyl (C=O) groups excluding carboxylic acids is 3. The van der Waals surface area contributed by atoms with Crippen molar-refractivity contribution < 1.29 is 40.7 Å². The standard InChI is InChI=1S/C24H21F3O.C21H23NO.C19H17F3O/c1-2-3-7-16-12-13-19(18-11-6-9-15-8-4-5-10-17(15)18)20-14-21(24(25,26)27)23(28)22(16)20;1-14-10-11-16-18(20(14)19-9-5-6-12-22-19)13-17(21(16)23)15-7-3-2-4-8-15;1-11(2)14-10-15-13(18(14)23)8-9-16(19(20,21)22)17(15)12-6-4-3-5-7-12/h4-6,8-13,21H,2-3,7,14H2,1H3;5-6,9-12,15,17H,2-4,7-8,13H2,1H3;3-9,11,14H,10H2,1-2H3. The predicted octanol–water partition coefficient (Wildman–Crippen LogP) is 17.1. The van der Waals surface area contributed by atoms with Gasteiger partial charge in [-0.3, -0.25) is 19.4 Å². The van der Waals surface area contributed by atoms with Crippen LogP contribution in [-0.4, -0.2) is 28.5 Å². The minimum Gasteiger partial charge on any atom is -0.294 e. The molecule has 382 valence electrons. The van der Waals surface area contributed by atoms with E-state index < -0.39 is 29.6 Å². The van der Waals surface area contributed by atoms with E-state index in [4.69, 9.17) is 0 Å². The van der Waals surface area contributed by atoms with Crippen LogP contribution in [0.5, 0.6) is 0 Å². The maximum Gasteiger partial charge on any atom is 0.417 e. The molecule has 1 heterocycles. The topological polar surface area (TPSA) is 64.1 Å². The van der Waals surface area contributed by atoms with Crippen molar-refractivity contribution in [2.24, 2.45) is 29.6 Å². The molecule has 0 bridgehead atoms. The quantitative estimate of drug-likeness (QED) is 0.142. The first kappa shape index (κ1) is 52.2. The smallest absolute Gasteiger partial charge is 0.294 e. The second-order valence-electron chi connectivity index (χ2n) is 20.8. The van der Waals surface area contributed by atoms with E-state index in [-0.39, 0.29) is 35.5 Å². The molecular formula is C64H61F6NO3. The van der Waals surface area contributed by atoms with Crippen molar-refractivity contribution >= 4 is 28.1 Å². The Balaban J connectivity index is 0.000000137. The lowest BCUT2D eigenvalue weighted by atomic mass is 9.78. The van der Waals surface area contributed by atoms with Crippen molar-refractivity contribution in [1.82, 2.24) is 4.98 Å². The number of pyridine rings is 1. The monoisotopic (exact) mass is 1010 g/mol. The molecule has 0 N–H and O–H groups in total. The minimum absolute atomic E-state index is 0.0408. The molecule has 10 heteroatoms. The van der Waals surface area contributed by atoms with Crippen LogP contribution in [0.15, 0.2) is 134 Å². The fourth-order valence-corrected chi connectivity index (χ4v) is 12.1. The number of halogens is 6. The lowest BCUT2D eigenvalue weighted by Crippen LogP contribution is -2.28. The highest BCUT2D eigenvalue weighted by molar-refractivity contribution is 6.08. The number of rotatable bonds is 8. The number of alkyl halides is 6. The summed E-state index contributed by atoms with van der Waals surface area (Å²) in [5.74, 6) is -1.71. The van der Waals surface area contributed by atoms with E-state index in [1.807, 2.05) is 99.8 Å². The number of unbranched alkanes of at least 4 members (excludes halogenated alkanes) is 1. The lowest BCUT2D eigenvalue weighted by Gasteiger charge is -2.26. The molecule has 4 aliphatic carbocycles. The molecule has 7 aromatic rings. The van der Waals surface area contributed by atoms with Crippen LogP contribution in [0.3, 0.4) is 0 Å². The van der Waals surface area contributed by atoms with E-state index in [0.717, 1.165) is 64.0 Å². The summed E-state index contributed by atoms with van der Waals surface area (Å²) in [4.78, 5) is 42.8. The number of carbonyl (C=O) groups is 3. The summed E-state index contributed by atoms with van der Waals surface area (Å²) in [7, 11) is 0. The van der Waals surface area contributed by atoms with Crippen molar-refractivity contribution in [1.29, 1.82) is 0 Å². The van der Waals surface area contributed by atoms with Gasteiger partial charge in [-0.15, -0.1) is 0 Å². The molecule has 0 amide bonds. The van der Waals surface area contributed by atoms with E-state index in [1.54, 1.807) is 30.3 Å². The molecule has 0 aliphatic heterocycles. The fourth-order valence-electron chi connectivity index (χ4n) is 12.1. The van der Waals surface area contributed by atoms with Gasteiger partial charge in [0.25, 0.3) is 0 Å². The molecular weight excluding hydrogens is 945 g/mol. The Morgan fingerprint density at radius 3 is 1.93 bits per heavy atom. The van der Waals surface area contributed by atoms with Crippen LogP contribution in [0, 0.1) is 36.5 Å². The van der Waals surface area contributed by atoms with Crippen molar-refractivity contribution in [3.05, 3.63) is 184 Å². The highest BCUT2D eigenvalue weighted by atomic mass is 19.4. The van der Waals surface area contributed by atoms with E-state index in [9.17, 15) is 40.7 Å². The normalized spacial score (nSPS) is 18.4. The molecule has 0 saturated heterocycles. The molecule has 3 atom stereocenters. The van der Waals surface area contributed by atoms with Gasteiger partial charge in [-0.05, 0) is 143 Å². The number of Topliss-reactive ketones (excluding diaryl/α,β-unsaturated/α-hetero) is 3. The van der Waals surface area contributed by atoms with Crippen LogP contribution < -0.4 is 0 Å². The van der Waals surface area contributed by atoms with Gasteiger partial charge in [0.15, 0.2) is 17.3 Å². The molecule has 0 radical (unpaired) electrons. The van der Waals surface area contributed by atoms with Gasteiger partial charge in [-0.1, -0.05) is 156 Å². The second kappa shape index (κ2) is 21.7. The molecule has 1 aromatic heterocycles. The Bertz CT molecular complexity index is 3200. The summed E-state index contributed by atoms with van der Waals surface area (Å²) >= 11 is 0. The zero-order valence-electron chi connectivity index (χ0n) is 42.3. The number of aryl methyl sites for hydroxylation is 2. The van der Waals surface area contributed by atoms with Crippen LogP contribution in [0.2, 0.25) is 0 Å². The first-order chi connectivity index (χ1) is 35.5. The molecule has 4 aliphatic rings. The zero-order chi connectivity index (χ0) is 52.5. The molecule has 0 spiro atoms. The van der Waals surface area contributed by atoms with E-state index in [2.05, 4.69) is 24.0 Å². The Morgan fingerprint density at radius 1 is 0.595 bits per heavy atom. The van der Waals surface area contributed by atoms with Gasteiger partial charge in [-0.2, -0.15) is 26.3 Å². The minimum atomic E-state index is -4.52. The van der Waals surface area contributed by atoms with Crippen LogP contribution in [0.1, 0.15) is 130 Å². The number of ketones is 3. The molecule has 4 nitrogen and oxygen atoms in total. The summed E-state index contributed by atoms with van der Waals surface area (Å²) < 4.78 is 81.0. The maximum atomic E-state index is 13.5. The van der Waals surface area contributed by atoms with Gasteiger partial charge in [0.1, 0.15) is 5.92 Å². The summed E-state index contributed by atoms with van der Waals surface area (Å²) in [5.41, 5.74) is 9.81. The van der Waals surface area contributed by atoms with Gasteiger partial charge >= 0.3 is 12.4 Å². The van der Waals surface area contributed by atoms with Gasteiger partial charge < -0.3 is 0 Å². The average molecular weight is 1010 g/mol. The second-order valence-corrected chi connectivity index (χ2v) is 20.8. The number of hydrogen-bond acceptors (Lipinski definition) is 4. The maximum absolute atomic E-state index is 13.5. The zero-order valence-corrected chi connectivity index (χ0v) is 42.3. The summed E-state index contributed by atoms with van der Waals surface area (Å²) in [5, 5.41) is 2.01. The number of fused-ring (bicyclic) bond motifs is 4.